The Labute approximate surface area is 79.0 Å². The average Bonchev–Trinajstić information content (AvgIpc) is 2.25. The van der Waals surface area contributed by atoms with Gasteiger partial charge in [0.15, 0.2) is 0 Å². The largest absolute Gasteiger partial charge is 0.359 e. The number of hydrogen-bond acceptors (Lipinski definition) is 2. The van der Waals surface area contributed by atoms with Gasteiger partial charge in [0, 0.05) is 5.92 Å². The van der Waals surface area contributed by atoms with Crippen LogP contribution in [0.2, 0.25) is 0 Å². The molecule has 13 heavy (non-hydrogen) atoms. The highest BCUT2D eigenvalue weighted by molar-refractivity contribution is 5.80. The van der Waals surface area contributed by atoms with Crippen molar-refractivity contribution >= 4 is 5.91 Å². The van der Waals surface area contributed by atoms with Crippen LogP contribution >= 0.6 is 0 Å². The van der Waals surface area contributed by atoms with E-state index in [2.05, 4.69) is 13.8 Å². The van der Waals surface area contributed by atoms with E-state index in [0.29, 0.717) is 25.2 Å². The molecular weight excluding hydrogens is 166 g/mol. The molecule has 1 amide bonds. The lowest BCUT2D eigenvalue weighted by atomic mass is 9.83. The van der Waals surface area contributed by atoms with Gasteiger partial charge in [-0.15, -0.1) is 0 Å². The quantitative estimate of drug-likeness (QED) is 0.614. The van der Waals surface area contributed by atoms with Crippen LogP contribution in [-0.4, -0.2) is 29.7 Å². The Balaban J connectivity index is 2.02. The summed E-state index contributed by atoms with van der Waals surface area (Å²) in [5.74, 6) is 0.592. The molecule has 0 bridgehead atoms. The van der Waals surface area contributed by atoms with E-state index < -0.39 is 0 Å². The van der Waals surface area contributed by atoms with Gasteiger partial charge in [0.25, 0.3) is 0 Å². The molecule has 0 aromatic heterocycles. The van der Waals surface area contributed by atoms with Crippen molar-refractivity contribution < 1.29 is 9.53 Å². The third-order valence-corrected chi connectivity index (χ3v) is 3.13. The van der Waals surface area contributed by atoms with E-state index in [1.807, 2.05) is 4.90 Å². The number of hydrogen-bond donors (Lipinski definition) is 0. The molecule has 1 aliphatic heterocycles. The Morgan fingerprint density at radius 3 is 2.54 bits per heavy atom. The molecule has 0 aromatic rings. The second kappa shape index (κ2) is 2.98. The number of amides is 1. The predicted molar refractivity (Wildman–Crippen MR) is 49.1 cm³/mol. The van der Waals surface area contributed by atoms with E-state index in [-0.39, 0.29) is 5.54 Å². The van der Waals surface area contributed by atoms with Gasteiger partial charge in [-0.25, -0.2) is 0 Å². The fraction of sp³-hybridized carbons (Fsp3) is 0.900. The molecule has 0 radical (unpaired) electrons. The Morgan fingerprint density at radius 1 is 1.46 bits per heavy atom. The van der Waals surface area contributed by atoms with E-state index in [9.17, 15) is 4.79 Å². The summed E-state index contributed by atoms with van der Waals surface area (Å²) in [5.41, 5.74) is -0.0906. The molecule has 1 aliphatic carbocycles. The van der Waals surface area contributed by atoms with Gasteiger partial charge in [0.2, 0.25) is 5.91 Å². The van der Waals surface area contributed by atoms with Crippen LogP contribution in [0.1, 0.15) is 33.1 Å². The number of carbonyl (C=O) groups is 1. The summed E-state index contributed by atoms with van der Waals surface area (Å²) in [6.45, 7) is 5.29. The maximum Gasteiger partial charge on any atom is 0.228 e. The molecule has 0 aromatic carbocycles. The maximum absolute atomic E-state index is 11.9. The number of ether oxygens (including phenoxy) is 1. The molecule has 0 N–H and O–H groups in total. The van der Waals surface area contributed by atoms with Crippen molar-refractivity contribution in [2.24, 2.45) is 5.92 Å². The van der Waals surface area contributed by atoms with Crippen LogP contribution in [0.3, 0.4) is 0 Å². The molecule has 1 saturated carbocycles. The highest BCUT2D eigenvalue weighted by Crippen LogP contribution is 2.32. The zero-order valence-corrected chi connectivity index (χ0v) is 8.38. The molecule has 74 valence electrons. The molecule has 1 heterocycles. The Morgan fingerprint density at radius 2 is 2.15 bits per heavy atom. The summed E-state index contributed by atoms with van der Waals surface area (Å²) < 4.78 is 5.32. The van der Waals surface area contributed by atoms with Crippen molar-refractivity contribution in [2.75, 3.05) is 13.3 Å². The van der Waals surface area contributed by atoms with E-state index in [4.69, 9.17) is 4.74 Å². The molecule has 2 aliphatic rings. The number of nitrogens with zero attached hydrogens (tertiary/aromatic N) is 1. The van der Waals surface area contributed by atoms with Crippen molar-refractivity contribution in [1.29, 1.82) is 0 Å². The predicted octanol–water partition coefficient (Wildman–Crippen LogP) is 1.38. The Hall–Kier alpha value is -0.570. The van der Waals surface area contributed by atoms with Gasteiger partial charge in [0.05, 0.1) is 12.1 Å². The van der Waals surface area contributed by atoms with Crippen molar-refractivity contribution in [1.82, 2.24) is 4.90 Å². The molecule has 0 spiro atoms. The van der Waals surface area contributed by atoms with Crippen LogP contribution in [0.5, 0.6) is 0 Å². The zero-order valence-electron chi connectivity index (χ0n) is 8.38. The lowest BCUT2D eigenvalue weighted by Gasteiger charge is -2.35. The monoisotopic (exact) mass is 183 g/mol. The lowest BCUT2D eigenvalue weighted by molar-refractivity contribution is -0.142. The van der Waals surface area contributed by atoms with Gasteiger partial charge in [-0.1, -0.05) is 6.42 Å². The summed E-state index contributed by atoms with van der Waals surface area (Å²) in [7, 11) is 0. The normalized spacial score (nSPS) is 27.4. The molecule has 0 atom stereocenters. The number of rotatable bonds is 1. The Bertz CT molecular complexity index is 221. The molecule has 0 unspecified atom stereocenters. The van der Waals surface area contributed by atoms with Gasteiger partial charge in [-0.05, 0) is 26.7 Å². The summed E-state index contributed by atoms with van der Waals surface area (Å²) in [6.07, 6.45) is 3.36. The van der Waals surface area contributed by atoms with Gasteiger partial charge in [0.1, 0.15) is 6.73 Å². The minimum absolute atomic E-state index is 0.0906. The zero-order chi connectivity index (χ0) is 9.47. The van der Waals surface area contributed by atoms with E-state index in [1.54, 1.807) is 0 Å². The van der Waals surface area contributed by atoms with E-state index >= 15 is 0 Å². The minimum Gasteiger partial charge on any atom is -0.359 e. The maximum atomic E-state index is 11.9. The molecular formula is C10H17NO2. The molecule has 3 heteroatoms. The van der Waals surface area contributed by atoms with Gasteiger partial charge in [-0.3, -0.25) is 4.79 Å². The van der Waals surface area contributed by atoms with E-state index in [0.717, 1.165) is 12.8 Å². The van der Waals surface area contributed by atoms with Crippen molar-refractivity contribution in [2.45, 2.75) is 38.6 Å². The Kier molecular flexibility index (Phi) is 2.06. The third kappa shape index (κ3) is 1.46. The molecule has 3 nitrogen and oxygen atoms in total. The second-order valence-electron chi connectivity index (χ2n) is 4.68. The first-order valence-corrected chi connectivity index (χ1v) is 5.00. The fourth-order valence-electron chi connectivity index (χ4n) is 1.88. The van der Waals surface area contributed by atoms with Crippen LogP contribution in [0.25, 0.3) is 0 Å². The summed E-state index contributed by atoms with van der Waals surface area (Å²) >= 11 is 0. The van der Waals surface area contributed by atoms with Crippen molar-refractivity contribution in [3.63, 3.8) is 0 Å². The fourth-order valence-corrected chi connectivity index (χ4v) is 1.88. The molecule has 2 fully saturated rings. The highest BCUT2D eigenvalue weighted by Gasteiger charge is 2.40. The summed E-state index contributed by atoms with van der Waals surface area (Å²) in [6, 6.07) is 0. The van der Waals surface area contributed by atoms with Crippen molar-refractivity contribution in [3.05, 3.63) is 0 Å². The first kappa shape index (κ1) is 9.00. The first-order valence-electron chi connectivity index (χ1n) is 5.00. The van der Waals surface area contributed by atoms with Crippen LogP contribution in [0.4, 0.5) is 0 Å². The smallest absolute Gasteiger partial charge is 0.228 e. The second-order valence-corrected chi connectivity index (χ2v) is 4.68. The van der Waals surface area contributed by atoms with Gasteiger partial charge >= 0.3 is 0 Å². The average molecular weight is 183 g/mol. The van der Waals surface area contributed by atoms with Crippen LogP contribution in [0.15, 0.2) is 0 Å². The SMILES string of the molecule is CC1(C)COCN1C(=O)C1CCC1. The van der Waals surface area contributed by atoms with Crippen LogP contribution in [-0.2, 0) is 9.53 Å². The minimum atomic E-state index is -0.0906. The molecule has 2 rings (SSSR count). The van der Waals surface area contributed by atoms with E-state index in [1.165, 1.54) is 6.42 Å². The van der Waals surface area contributed by atoms with Gasteiger partial charge < -0.3 is 9.64 Å². The number of carbonyl (C=O) groups excluding carboxylic acids is 1. The van der Waals surface area contributed by atoms with Crippen molar-refractivity contribution in [3.8, 4) is 0 Å². The standard InChI is InChI=1S/C10H17NO2/c1-10(2)6-13-7-11(10)9(12)8-4-3-5-8/h8H,3-7H2,1-2H3. The third-order valence-electron chi connectivity index (χ3n) is 3.13. The summed E-state index contributed by atoms with van der Waals surface area (Å²) in [4.78, 5) is 13.8. The first-order chi connectivity index (χ1) is 6.11. The lowest BCUT2D eigenvalue weighted by Crippen LogP contribution is -2.48. The summed E-state index contributed by atoms with van der Waals surface area (Å²) in [5, 5.41) is 0. The van der Waals surface area contributed by atoms with Crippen LogP contribution in [0, 0.1) is 5.92 Å². The van der Waals surface area contributed by atoms with Gasteiger partial charge in [-0.2, -0.15) is 0 Å². The van der Waals surface area contributed by atoms with Crippen LogP contribution < -0.4 is 0 Å². The molecule has 1 saturated heterocycles. The highest BCUT2D eigenvalue weighted by atomic mass is 16.5. The topological polar surface area (TPSA) is 29.5 Å².